The first-order valence-electron chi connectivity index (χ1n) is 4.04. The Bertz CT molecular complexity index is 345. The highest BCUT2D eigenvalue weighted by atomic mass is 19.1. The van der Waals surface area contributed by atoms with Crippen molar-refractivity contribution in [3.63, 3.8) is 0 Å². The van der Waals surface area contributed by atoms with E-state index in [1.54, 1.807) is 12.1 Å². The Morgan fingerprint density at radius 3 is 3.08 bits per heavy atom. The third-order valence-corrected chi connectivity index (χ3v) is 2.21. The molecule has 0 saturated carbocycles. The molecule has 1 aromatic rings. The van der Waals surface area contributed by atoms with E-state index in [9.17, 15) is 9.41 Å². The number of rotatable bonds is 1. The minimum Gasteiger partial charge on any atom is -0.423 e. The van der Waals surface area contributed by atoms with E-state index in [1.807, 2.05) is 0 Å². The van der Waals surface area contributed by atoms with Crippen molar-refractivity contribution in [1.29, 1.82) is 0 Å². The predicted molar refractivity (Wildman–Crippen MR) is 46.7 cm³/mol. The summed E-state index contributed by atoms with van der Waals surface area (Å²) < 4.78 is 18.4. The largest absolute Gasteiger partial charge is 0.494 e. The molecule has 3 nitrogen and oxygen atoms in total. The first-order chi connectivity index (χ1) is 6.24. The summed E-state index contributed by atoms with van der Waals surface area (Å²) in [6.07, 6.45) is 0. The van der Waals surface area contributed by atoms with Crippen molar-refractivity contribution in [1.82, 2.24) is 0 Å². The Hall–Kier alpha value is -0.905. The molecule has 0 fully saturated rings. The smallest absolute Gasteiger partial charge is 0.423 e. The first-order valence-corrected chi connectivity index (χ1v) is 4.04. The molecule has 0 aromatic heterocycles. The van der Waals surface area contributed by atoms with E-state index in [-0.39, 0.29) is 18.6 Å². The summed E-state index contributed by atoms with van der Waals surface area (Å²) in [5.41, 5.74) is 6.67. The molecule has 1 heterocycles. The molecule has 0 unspecified atom stereocenters. The summed E-state index contributed by atoms with van der Waals surface area (Å²) in [6.45, 7) is 0.393. The Labute approximate surface area is 75.5 Å². The molecule has 1 aliphatic rings. The second-order valence-corrected chi connectivity index (χ2v) is 2.98. The molecule has 13 heavy (non-hydrogen) atoms. The van der Waals surface area contributed by atoms with Crippen molar-refractivity contribution < 1.29 is 14.1 Å². The molecule has 1 aliphatic heterocycles. The number of hydrogen-bond donors (Lipinski definition) is 2. The molecule has 5 heteroatoms. The molecule has 2 rings (SSSR count). The number of fused-ring (bicyclic) bond motifs is 1. The average molecular weight is 181 g/mol. The average Bonchev–Trinajstić information content (AvgIpc) is 2.49. The summed E-state index contributed by atoms with van der Waals surface area (Å²) in [7, 11) is -1.14. The van der Waals surface area contributed by atoms with Crippen LogP contribution >= 0.6 is 0 Å². The minimum atomic E-state index is -1.14. The summed E-state index contributed by atoms with van der Waals surface area (Å²) in [6, 6.07) is 3.35. The van der Waals surface area contributed by atoms with Gasteiger partial charge in [-0.25, -0.2) is 4.39 Å². The lowest BCUT2D eigenvalue weighted by atomic mass is 9.78. The third-order valence-electron chi connectivity index (χ3n) is 2.21. The molecule has 68 valence electrons. The third kappa shape index (κ3) is 1.25. The Morgan fingerprint density at radius 1 is 1.62 bits per heavy atom. The van der Waals surface area contributed by atoms with Gasteiger partial charge in [0.1, 0.15) is 5.82 Å². The monoisotopic (exact) mass is 181 g/mol. The van der Waals surface area contributed by atoms with Crippen molar-refractivity contribution in [3.05, 3.63) is 29.1 Å². The van der Waals surface area contributed by atoms with Gasteiger partial charge in [-0.05, 0) is 5.56 Å². The van der Waals surface area contributed by atoms with Gasteiger partial charge in [0.25, 0.3) is 0 Å². The second-order valence-electron chi connectivity index (χ2n) is 2.98. The molecule has 0 aliphatic carbocycles. The fraction of sp³-hybridized carbons (Fsp3) is 0.250. The number of benzene rings is 1. The lowest BCUT2D eigenvalue weighted by Crippen LogP contribution is -2.32. The first kappa shape index (κ1) is 8.68. The van der Waals surface area contributed by atoms with Crippen LogP contribution in [0.2, 0.25) is 0 Å². The SMILES string of the molecule is NCc1ccc2c(c1F)B(O)OC2. The maximum atomic E-state index is 13.5. The minimum absolute atomic E-state index is 0.131. The molecule has 0 atom stereocenters. The maximum Gasteiger partial charge on any atom is 0.494 e. The second kappa shape index (κ2) is 3.10. The van der Waals surface area contributed by atoms with Crippen molar-refractivity contribution in [3.8, 4) is 0 Å². The van der Waals surface area contributed by atoms with Crippen LogP contribution in [0.1, 0.15) is 11.1 Å². The zero-order valence-corrected chi connectivity index (χ0v) is 6.96. The normalized spacial score (nSPS) is 14.8. The van der Waals surface area contributed by atoms with Gasteiger partial charge < -0.3 is 15.4 Å². The molecule has 0 spiro atoms. The summed E-state index contributed by atoms with van der Waals surface area (Å²) in [5, 5.41) is 9.28. The fourth-order valence-electron chi connectivity index (χ4n) is 1.48. The number of hydrogen-bond acceptors (Lipinski definition) is 3. The van der Waals surface area contributed by atoms with Crippen LogP contribution in [-0.2, 0) is 17.8 Å². The Morgan fingerprint density at radius 2 is 2.38 bits per heavy atom. The predicted octanol–water partition coefficient (Wildman–Crippen LogP) is -0.498. The molecule has 1 aromatic carbocycles. The highest BCUT2D eigenvalue weighted by Crippen LogP contribution is 2.14. The van der Waals surface area contributed by atoms with Crippen molar-refractivity contribution in [2.24, 2.45) is 5.73 Å². The quantitative estimate of drug-likeness (QED) is 0.574. The van der Waals surface area contributed by atoms with Crippen molar-refractivity contribution >= 4 is 12.6 Å². The molecule has 0 amide bonds. The zero-order chi connectivity index (χ0) is 9.42. The van der Waals surface area contributed by atoms with Gasteiger partial charge in [-0.3, -0.25) is 0 Å². The van der Waals surface area contributed by atoms with E-state index in [2.05, 4.69) is 0 Å². The highest BCUT2D eigenvalue weighted by Gasteiger charge is 2.31. The summed E-state index contributed by atoms with van der Waals surface area (Å²) >= 11 is 0. The van der Waals surface area contributed by atoms with Crippen molar-refractivity contribution in [2.75, 3.05) is 0 Å². The van der Waals surface area contributed by atoms with E-state index in [1.165, 1.54) is 0 Å². The van der Waals surface area contributed by atoms with Crippen LogP contribution in [0.15, 0.2) is 12.1 Å². The molecule has 3 N–H and O–H groups in total. The van der Waals surface area contributed by atoms with Crippen LogP contribution in [-0.4, -0.2) is 12.1 Å². The zero-order valence-electron chi connectivity index (χ0n) is 6.96. The van der Waals surface area contributed by atoms with Crippen LogP contribution in [0.3, 0.4) is 0 Å². The van der Waals surface area contributed by atoms with Crippen molar-refractivity contribution in [2.45, 2.75) is 13.2 Å². The lowest BCUT2D eigenvalue weighted by molar-refractivity contribution is 0.275. The van der Waals surface area contributed by atoms with Gasteiger partial charge in [0.05, 0.1) is 6.61 Å². The van der Waals surface area contributed by atoms with E-state index < -0.39 is 12.9 Å². The van der Waals surface area contributed by atoms with Crippen LogP contribution in [0.5, 0.6) is 0 Å². The van der Waals surface area contributed by atoms with Gasteiger partial charge in [0.2, 0.25) is 0 Å². The van der Waals surface area contributed by atoms with Crippen LogP contribution in [0.4, 0.5) is 4.39 Å². The lowest BCUT2D eigenvalue weighted by Gasteiger charge is -2.04. The molecule has 0 saturated heterocycles. The topological polar surface area (TPSA) is 55.5 Å². The number of halogens is 1. The van der Waals surface area contributed by atoms with Crippen LogP contribution in [0, 0.1) is 5.82 Å². The van der Waals surface area contributed by atoms with Gasteiger partial charge in [-0.2, -0.15) is 0 Å². The summed E-state index contributed by atoms with van der Waals surface area (Å²) in [5.74, 6) is -0.440. The standard InChI is InChI=1S/C8H9BFNO2/c10-8-5(3-11)1-2-6-4-13-9(12)7(6)8/h1-2,12H,3-4,11H2. The highest BCUT2D eigenvalue weighted by molar-refractivity contribution is 6.61. The Balaban J connectivity index is 2.56. The molecule has 0 bridgehead atoms. The molecule has 0 radical (unpaired) electrons. The van der Waals surface area contributed by atoms with E-state index in [0.29, 0.717) is 11.1 Å². The van der Waals surface area contributed by atoms with Gasteiger partial charge >= 0.3 is 7.12 Å². The molecular weight excluding hydrogens is 172 g/mol. The van der Waals surface area contributed by atoms with E-state index in [4.69, 9.17) is 10.4 Å². The van der Waals surface area contributed by atoms with Crippen LogP contribution < -0.4 is 11.2 Å². The number of nitrogens with two attached hydrogens (primary N) is 1. The van der Waals surface area contributed by atoms with Gasteiger partial charge in [-0.1, -0.05) is 12.1 Å². The maximum absolute atomic E-state index is 13.5. The molecular formula is C8H9BFNO2. The van der Waals surface area contributed by atoms with E-state index >= 15 is 0 Å². The van der Waals surface area contributed by atoms with Gasteiger partial charge in [0.15, 0.2) is 0 Å². The van der Waals surface area contributed by atoms with Crippen LogP contribution in [0.25, 0.3) is 0 Å². The van der Waals surface area contributed by atoms with E-state index in [0.717, 1.165) is 0 Å². The van der Waals surface area contributed by atoms with Gasteiger partial charge in [0, 0.05) is 17.6 Å². The summed E-state index contributed by atoms with van der Waals surface area (Å²) in [4.78, 5) is 0. The fourth-order valence-corrected chi connectivity index (χ4v) is 1.48. The Kier molecular flexibility index (Phi) is 2.07. The van der Waals surface area contributed by atoms with Gasteiger partial charge in [-0.15, -0.1) is 0 Å².